The summed E-state index contributed by atoms with van der Waals surface area (Å²) in [5.74, 6) is 0.346. The SMILES string of the molecule is Cc1ccc(C)c(OC(C)C(=O)Nc2ccc(S(=O)(=O)N(C)Cc3ccccc3)cc2)c1. The van der Waals surface area contributed by atoms with Crippen molar-refractivity contribution in [2.75, 3.05) is 12.4 Å². The summed E-state index contributed by atoms with van der Waals surface area (Å²) >= 11 is 0. The maximum Gasteiger partial charge on any atom is 0.265 e. The third kappa shape index (κ3) is 5.75. The van der Waals surface area contributed by atoms with Gasteiger partial charge in [0.25, 0.3) is 5.91 Å². The van der Waals surface area contributed by atoms with E-state index in [0.29, 0.717) is 11.4 Å². The highest BCUT2D eigenvalue weighted by Crippen LogP contribution is 2.22. The number of benzene rings is 3. The van der Waals surface area contributed by atoms with E-state index in [2.05, 4.69) is 5.32 Å². The van der Waals surface area contributed by atoms with Crippen molar-refractivity contribution in [2.45, 2.75) is 38.3 Å². The van der Waals surface area contributed by atoms with Gasteiger partial charge >= 0.3 is 0 Å². The minimum atomic E-state index is -3.65. The van der Waals surface area contributed by atoms with Gasteiger partial charge in [-0.2, -0.15) is 4.31 Å². The van der Waals surface area contributed by atoms with E-state index in [1.165, 1.54) is 16.4 Å². The number of hydrogen-bond donors (Lipinski definition) is 1. The number of amides is 1. The Labute approximate surface area is 189 Å². The number of carbonyl (C=O) groups excluding carboxylic acids is 1. The third-order valence-corrected chi connectivity index (χ3v) is 6.91. The molecule has 3 aromatic carbocycles. The molecular formula is C25H28N2O4S. The molecule has 168 valence electrons. The fraction of sp³-hybridized carbons (Fsp3) is 0.240. The zero-order valence-electron chi connectivity index (χ0n) is 18.7. The summed E-state index contributed by atoms with van der Waals surface area (Å²) in [7, 11) is -2.11. The van der Waals surface area contributed by atoms with Crippen molar-refractivity contribution in [1.82, 2.24) is 4.31 Å². The minimum absolute atomic E-state index is 0.161. The number of nitrogens with one attached hydrogen (secondary N) is 1. The molecule has 0 aromatic heterocycles. The molecule has 0 bridgehead atoms. The van der Waals surface area contributed by atoms with Gasteiger partial charge in [-0.1, -0.05) is 42.5 Å². The largest absolute Gasteiger partial charge is 0.481 e. The lowest BCUT2D eigenvalue weighted by molar-refractivity contribution is -0.122. The molecule has 0 saturated heterocycles. The molecule has 1 atom stereocenters. The Morgan fingerprint density at radius 3 is 2.31 bits per heavy atom. The second-order valence-electron chi connectivity index (χ2n) is 7.79. The lowest BCUT2D eigenvalue weighted by Gasteiger charge is -2.18. The van der Waals surface area contributed by atoms with Crippen molar-refractivity contribution in [3.05, 3.63) is 89.5 Å². The predicted molar refractivity (Wildman–Crippen MR) is 126 cm³/mol. The van der Waals surface area contributed by atoms with Gasteiger partial charge in [-0.05, 0) is 67.8 Å². The van der Waals surface area contributed by atoms with Crippen LogP contribution in [0.3, 0.4) is 0 Å². The van der Waals surface area contributed by atoms with Crippen LogP contribution in [0.25, 0.3) is 0 Å². The first kappa shape index (κ1) is 23.5. The number of nitrogens with zero attached hydrogens (tertiary/aromatic N) is 1. The molecule has 0 fully saturated rings. The van der Waals surface area contributed by atoms with Gasteiger partial charge in [-0.15, -0.1) is 0 Å². The highest BCUT2D eigenvalue weighted by atomic mass is 32.2. The summed E-state index contributed by atoms with van der Waals surface area (Å²) in [5, 5.41) is 2.77. The van der Waals surface area contributed by atoms with Crippen molar-refractivity contribution in [1.29, 1.82) is 0 Å². The van der Waals surface area contributed by atoms with Gasteiger partial charge in [0.2, 0.25) is 10.0 Å². The van der Waals surface area contributed by atoms with Crippen molar-refractivity contribution in [3.8, 4) is 5.75 Å². The Bertz CT molecular complexity index is 1180. The summed E-state index contributed by atoms with van der Waals surface area (Å²) in [5.41, 5.74) is 3.40. The molecule has 0 aliphatic carbocycles. The molecule has 32 heavy (non-hydrogen) atoms. The molecule has 1 N–H and O–H groups in total. The summed E-state index contributed by atoms with van der Waals surface area (Å²) in [6.07, 6.45) is -0.712. The number of carbonyl (C=O) groups is 1. The first-order valence-electron chi connectivity index (χ1n) is 10.3. The molecule has 0 aliphatic rings. The van der Waals surface area contributed by atoms with E-state index in [-0.39, 0.29) is 17.3 Å². The smallest absolute Gasteiger partial charge is 0.265 e. The Hall–Kier alpha value is -3.16. The molecule has 0 radical (unpaired) electrons. The maximum atomic E-state index is 12.9. The van der Waals surface area contributed by atoms with E-state index in [4.69, 9.17) is 4.74 Å². The lowest BCUT2D eigenvalue weighted by Crippen LogP contribution is -2.30. The topological polar surface area (TPSA) is 75.7 Å². The second-order valence-corrected chi connectivity index (χ2v) is 9.83. The number of rotatable bonds is 8. The maximum absolute atomic E-state index is 12.9. The van der Waals surface area contributed by atoms with Gasteiger partial charge in [0.1, 0.15) is 5.75 Å². The molecule has 7 heteroatoms. The first-order valence-corrected chi connectivity index (χ1v) is 11.8. The van der Waals surface area contributed by atoms with Crippen LogP contribution in [0.1, 0.15) is 23.6 Å². The van der Waals surface area contributed by atoms with Gasteiger partial charge in [-0.25, -0.2) is 8.42 Å². The van der Waals surface area contributed by atoms with Crippen molar-refractivity contribution < 1.29 is 17.9 Å². The van der Waals surface area contributed by atoms with E-state index < -0.39 is 16.1 Å². The van der Waals surface area contributed by atoms with Crippen molar-refractivity contribution in [2.24, 2.45) is 0 Å². The fourth-order valence-electron chi connectivity index (χ4n) is 3.14. The zero-order chi connectivity index (χ0) is 23.3. The van der Waals surface area contributed by atoms with Gasteiger partial charge in [0.15, 0.2) is 6.10 Å². The molecule has 3 aromatic rings. The monoisotopic (exact) mass is 452 g/mol. The lowest BCUT2D eigenvalue weighted by atomic mass is 10.1. The van der Waals surface area contributed by atoms with Gasteiger partial charge in [0.05, 0.1) is 4.90 Å². The first-order chi connectivity index (χ1) is 15.2. The van der Waals surface area contributed by atoms with Gasteiger partial charge in [0, 0.05) is 19.3 Å². The van der Waals surface area contributed by atoms with Crippen LogP contribution in [0.2, 0.25) is 0 Å². The van der Waals surface area contributed by atoms with Crippen LogP contribution in [0.4, 0.5) is 5.69 Å². The van der Waals surface area contributed by atoms with Crippen LogP contribution >= 0.6 is 0 Å². The zero-order valence-corrected chi connectivity index (χ0v) is 19.5. The fourth-order valence-corrected chi connectivity index (χ4v) is 4.30. The van der Waals surface area contributed by atoms with Crippen LogP contribution in [0.15, 0.2) is 77.7 Å². The highest BCUT2D eigenvalue weighted by molar-refractivity contribution is 7.89. The molecule has 3 rings (SSSR count). The standard InChI is InChI=1S/C25H28N2O4S/c1-18-10-11-19(2)24(16-18)31-20(3)25(28)26-22-12-14-23(15-13-22)32(29,30)27(4)17-21-8-6-5-7-9-21/h5-16,20H,17H2,1-4H3,(H,26,28). The van der Waals surface area contributed by atoms with Gasteiger partial charge < -0.3 is 10.1 Å². The average molecular weight is 453 g/mol. The Balaban J connectivity index is 1.64. The van der Waals surface area contributed by atoms with Gasteiger partial charge in [-0.3, -0.25) is 4.79 Å². The van der Waals surface area contributed by atoms with E-state index in [1.807, 2.05) is 62.4 Å². The number of ether oxygens (including phenoxy) is 1. The number of sulfonamides is 1. The Kier molecular flexibility index (Phi) is 7.33. The Morgan fingerprint density at radius 2 is 1.66 bits per heavy atom. The van der Waals surface area contributed by atoms with E-state index in [0.717, 1.165) is 16.7 Å². The minimum Gasteiger partial charge on any atom is -0.481 e. The molecule has 0 aliphatic heterocycles. The van der Waals surface area contributed by atoms with Crippen LogP contribution in [0.5, 0.6) is 5.75 Å². The van der Waals surface area contributed by atoms with E-state index >= 15 is 0 Å². The summed E-state index contributed by atoms with van der Waals surface area (Å²) < 4.78 is 32.8. The molecule has 1 amide bonds. The number of aryl methyl sites for hydroxylation is 2. The van der Waals surface area contributed by atoms with Crippen LogP contribution in [0, 0.1) is 13.8 Å². The molecule has 0 heterocycles. The van der Waals surface area contributed by atoms with Crippen LogP contribution < -0.4 is 10.1 Å². The van der Waals surface area contributed by atoms with Crippen molar-refractivity contribution >= 4 is 21.6 Å². The number of hydrogen-bond acceptors (Lipinski definition) is 4. The van der Waals surface area contributed by atoms with Crippen molar-refractivity contribution in [3.63, 3.8) is 0 Å². The Morgan fingerprint density at radius 1 is 1.00 bits per heavy atom. The summed E-state index contributed by atoms with van der Waals surface area (Å²) in [4.78, 5) is 12.7. The van der Waals surface area contributed by atoms with E-state index in [1.54, 1.807) is 26.1 Å². The second kappa shape index (κ2) is 9.97. The molecule has 6 nitrogen and oxygen atoms in total. The molecule has 0 saturated carbocycles. The van der Waals surface area contributed by atoms with Crippen LogP contribution in [-0.2, 0) is 21.4 Å². The molecular weight excluding hydrogens is 424 g/mol. The molecule has 0 spiro atoms. The summed E-state index contributed by atoms with van der Waals surface area (Å²) in [6, 6.07) is 21.4. The summed E-state index contributed by atoms with van der Waals surface area (Å²) in [6.45, 7) is 5.83. The average Bonchev–Trinajstić information content (AvgIpc) is 2.77. The third-order valence-electron chi connectivity index (χ3n) is 5.09. The highest BCUT2D eigenvalue weighted by Gasteiger charge is 2.21. The normalized spacial score (nSPS) is 12.4. The van der Waals surface area contributed by atoms with Crippen LogP contribution in [-0.4, -0.2) is 31.8 Å². The van der Waals surface area contributed by atoms with E-state index in [9.17, 15) is 13.2 Å². The molecule has 1 unspecified atom stereocenters. The number of anilines is 1. The quantitative estimate of drug-likeness (QED) is 0.545. The predicted octanol–water partition coefficient (Wildman–Crippen LogP) is 4.53.